The van der Waals surface area contributed by atoms with E-state index in [1.165, 1.54) is 0 Å². The minimum Gasteiger partial charge on any atom is -0.481 e. The van der Waals surface area contributed by atoms with Gasteiger partial charge >= 0.3 is 5.97 Å². The second-order valence-corrected chi connectivity index (χ2v) is 8.84. The fraction of sp³-hybridized carbons (Fsp3) is 0.276. The number of nitrogens with zero attached hydrogens (tertiary/aromatic N) is 1. The van der Waals surface area contributed by atoms with Crippen molar-refractivity contribution in [1.29, 1.82) is 0 Å². The van der Waals surface area contributed by atoms with Crippen LogP contribution in [-0.2, 0) is 11.3 Å². The van der Waals surface area contributed by atoms with E-state index in [0.29, 0.717) is 18.5 Å². The van der Waals surface area contributed by atoms with Crippen LogP contribution in [0.4, 0.5) is 5.69 Å². The Morgan fingerprint density at radius 3 is 2.35 bits per heavy atom. The van der Waals surface area contributed by atoms with Gasteiger partial charge in [0.15, 0.2) is 0 Å². The second-order valence-electron chi connectivity index (χ2n) is 8.84. The third-order valence-electron chi connectivity index (χ3n) is 6.50. The highest BCUT2D eigenvalue weighted by Gasteiger charge is 2.31. The third-order valence-corrected chi connectivity index (χ3v) is 6.50. The van der Waals surface area contributed by atoms with Crippen LogP contribution in [0.3, 0.4) is 0 Å². The molecule has 3 aromatic carbocycles. The van der Waals surface area contributed by atoms with Gasteiger partial charge in [0.05, 0.1) is 11.4 Å². The molecule has 3 aromatic rings. The molecule has 34 heavy (non-hydrogen) atoms. The lowest BCUT2D eigenvalue weighted by molar-refractivity contribution is -0.137. The number of hydrogen-bond donors (Lipinski definition) is 2. The Kier molecular flexibility index (Phi) is 7.53. The zero-order chi connectivity index (χ0) is 23.9. The number of unbranched alkanes of at least 4 members (excludes halogenated alkanes) is 1. The number of aliphatic carboxylic acids is 1. The van der Waals surface area contributed by atoms with Gasteiger partial charge in [0.2, 0.25) is 0 Å². The number of nitrogens with one attached hydrogen (secondary N) is 1. The number of carboxylic acids is 1. The van der Waals surface area contributed by atoms with Gasteiger partial charge in [-0.25, -0.2) is 0 Å². The van der Waals surface area contributed by atoms with Crippen molar-refractivity contribution in [2.75, 3.05) is 0 Å². The summed E-state index contributed by atoms with van der Waals surface area (Å²) in [5.74, 6) is -0.541. The molecular formula is C29H30N2O3. The summed E-state index contributed by atoms with van der Waals surface area (Å²) in [4.78, 5) is 28.8. The van der Waals surface area contributed by atoms with E-state index >= 15 is 0 Å². The van der Waals surface area contributed by atoms with Crippen molar-refractivity contribution in [3.05, 3.63) is 101 Å². The smallest absolute Gasteiger partial charge is 0.303 e. The van der Waals surface area contributed by atoms with Crippen molar-refractivity contribution in [2.45, 2.75) is 45.1 Å². The van der Waals surface area contributed by atoms with Crippen molar-refractivity contribution in [3.8, 4) is 0 Å². The molecule has 1 aliphatic heterocycles. The second kappa shape index (κ2) is 10.9. The van der Waals surface area contributed by atoms with E-state index in [1.54, 1.807) is 0 Å². The topological polar surface area (TPSA) is 78.8 Å². The van der Waals surface area contributed by atoms with Crippen LogP contribution in [0.15, 0.2) is 83.9 Å². The number of carbonyl (C=O) groups excluding carboxylic acids is 1. The van der Waals surface area contributed by atoms with Crippen LogP contribution in [0.25, 0.3) is 0 Å². The van der Waals surface area contributed by atoms with Gasteiger partial charge in [-0.15, -0.1) is 0 Å². The molecule has 5 heteroatoms. The van der Waals surface area contributed by atoms with Gasteiger partial charge in [0, 0.05) is 24.4 Å². The van der Waals surface area contributed by atoms with E-state index in [9.17, 15) is 9.59 Å². The molecule has 174 valence electrons. The molecule has 1 amide bonds. The van der Waals surface area contributed by atoms with Crippen LogP contribution in [0.1, 0.15) is 65.6 Å². The summed E-state index contributed by atoms with van der Waals surface area (Å²) >= 11 is 0. The standard InChI is InChI=1S/C29H30N2O3/c1-20-24(14-8-9-15-27(32)33)28(22-12-6-3-7-13-22)31-26-17-16-23(18-25(20)26)29(34)30-19-21-10-4-2-5-11-21/h2-7,10-13,16-18,20,24H,8-9,14-15,19H2,1H3,(H,30,34)(H,32,33). The monoisotopic (exact) mass is 454 g/mol. The van der Waals surface area contributed by atoms with Gasteiger partial charge < -0.3 is 10.4 Å². The van der Waals surface area contributed by atoms with E-state index in [2.05, 4.69) is 24.4 Å². The normalized spacial score (nSPS) is 16.9. The number of fused-ring (bicyclic) bond motifs is 1. The van der Waals surface area contributed by atoms with Gasteiger partial charge in [-0.1, -0.05) is 74.0 Å². The first-order valence-corrected chi connectivity index (χ1v) is 11.8. The van der Waals surface area contributed by atoms with Crippen molar-refractivity contribution in [3.63, 3.8) is 0 Å². The number of hydrogen-bond acceptors (Lipinski definition) is 3. The third kappa shape index (κ3) is 5.60. The Morgan fingerprint density at radius 2 is 1.65 bits per heavy atom. The van der Waals surface area contributed by atoms with Crippen molar-refractivity contribution < 1.29 is 14.7 Å². The summed E-state index contributed by atoms with van der Waals surface area (Å²) in [7, 11) is 0. The summed E-state index contributed by atoms with van der Waals surface area (Å²) in [5, 5.41) is 12.0. The molecule has 0 aromatic heterocycles. The summed E-state index contributed by atoms with van der Waals surface area (Å²) in [6, 6.07) is 25.8. The van der Waals surface area contributed by atoms with Crippen LogP contribution in [0, 0.1) is 5.92 Å². The van der Waals surface area contributed by atoms with Crippen LogP contribution in [0.2, 0.25) is 0 Å². The Bertz CT molecular complexity index is 1170. The van der Waals surface area contributed by atoms with Crippen LogP contribution < -0.4 is 5.32 Å². The molecule has 0 aliphatic carbocycles. The Balaban J connectivity index is 1.57. The van der Waals surface area contributed by atoms with Crippen molar-refractivity contribution >= 4 is 23.3 Å². The summed E-state index contributed by atoms with van der Waals surface area (Å²) < 4.78 is 0. The summed E-state index contributed by atoms with van der Waals surface area (Å²) in [6.45, 7) is 2.67. The van der Waals surface area contributed by atoms with Gasteiger partial charge in [-0.2, -0.15) is 0 Å². The van der Waals surface area contributed by atoms with Crippen molar-refractivity contribution in [1.82, 2.24) is 5.32 Å². The molecule has 0 spiro atoms. The first-order valence-electron chi connectivity index (χ1n) is 11.8. The first kappa shape index (κ1) is 23.4. The quantitative estimate of drug-likeness (QED) is 0.383. The zero-order valence-electron chi connectivity index (χ0n) is 19.4. The Morgan fingerprint density at radius 1 is 0.941 bits per heavy atom. The summed E-state index contributed by atoms with van der Waals surface area (Å²) in [5.41, 5.74) is 5.78. The van der Waals surface area contributed by atoms with Gasteiger partial charge in [-0.3, -0.25) is 14.6 Å². The van der Waals surface area contributed by atoms with Gasteiger partial charge in [-0.05, 0) is 53.6 Å². The minimum atomic E-state index is -0.759. The number of benzene rings is 3. The molecular weight excluding hydrogens is 424 g/mol. The van der Waals surface area contributed by atoms with Crippen LogP contribution in [0.5, 0.6) is 0 Å². The largest absolute Gasteiger partial charge is 0.481 e. The number of aliphatic imine (C=N–C) groups is 1. The molecule has 4 rings (SSSR count). The predicted octanol–water partition coefficient (Wildman–Crippen LogP) is 6.12. The molecule has 0 radical (unpaired) electrons. The highest BCUT2D eigenvalue weighted by Crippen LogP contribution is 2.42. The van der Waals surface area contributed by atoms with E-state index in [0.717, 1.165) is 40.9 Å². The molecule has 0 fully saturated rings. The zero-order valence-corrected chi connectivity index (χ0v) is 19.4. The molecule has 0 saturated carbocycles. The van der Waals surface area contributed by atoms with E-state index in [-0.39, 0.29) is 24.2 Å². The first-order chi connectivity index (χ1) is 16.5. The average Bonchev–Trinajstić information content (AvgIpc) is 2.87. The lowest BCUT2D eigenvalue weighted by Crippen LogP contribution is -2.26. The van der Waals surface area contributed by atoms with E-state index in [4.69, 9.17) is 10.1 Å². The SMILES string of the molecule is CC1c2cc(C(=O)NCc3ccccc3)ccc2N=C(c2ccccc2)C1CCCCC(=O)O. The molecule has 1 aliphatic rings. The van der Waals surface area contributed by atoms with Crippen LogP contribution >= 0.6 is 0 Å². The lowest BCUT2D eigenvalue weighted by atomic mass is 9.76. The minimum absolute atomic E-state index is 0.102. The Labute approximate surface area is 200 Å². The molecule has 1 heterocycles. The fourth-order valence-corrected chi connectivity index (χ4v) is 4.62. The highest BCUT2D eigenvalue weighted by atomic mass is 16.4. The highest BCUT2D eigenvalue weighted by molar-refractivity contribution is 6.06. The molecule has 0 saturated heterocycles. The van der Waals surface area contributed by atoms with Crippen molar-refractivity contribution in [2.24, 2.45) is 10.9 Å². The maximum atomic E-state index is 12.8. The molecule has 5 nitrogen and oxygen atoms in total. The lowest BCUT2D eigenvalue weighted by Gasteiger charge is -2.32. The average molecular weight is 455 g/mol. The van der Waals surface area contributed by atoms with E-state index < -0.39 is 5.97 Å². The predicted molar refractivity (Wildman–Crippen MR) is 135 cm³/mol. The number of carbonyl (C=O) groups is 2. The Hall–Kier alpha value is -3.73. The summed E-state index contributed by atoms with van der Waals surface area (Å²) in [6.07, 6.45) is 2.50. The van der Waals surface area contributed by atoms with Crippen LogP contribution in [-0.4, -0.2) is 22.7 Å². The van der Waals surface area contributed by atoms with Gasteiger partial charge in [0.25, 0.3) is 5.91 Å². The maximum Gasteiger partial charge on any atom is 0.303 e. The number of rotatable bonds is 9. The number of amides is 1. The van der Waals surface area contributed by atoms with E-state index in [1.807, 2.05) is 66.7 Å². The fourth-order valence-electron chi connectivity index (χ4n) is 4.62. The molecule has 2 atom stereocenters. The molecule has 0 bridgehead atoms. The molecule has 2 N–H and O–H groups in total. The number of carboxylic acid groups (broad SMARTS) is 1. The maximum absolute atomic E-state index is 12.8. The van der Waals surface area contributed by atoms with Gasteiger partial charge in [0.1, 0.15) is 0 Å². The molecule has 2 unspecified atom stereocenters.